The molecule has 0 radical (unpaired) electrons. The molecule has 0 atom stereocenters. The second-order valence-electron chi connectivity index (χ2n) is 2.41. The van der Waals surface area contributed by atoms with Crippen molar-refractivity contribution in [1.82, 2.24) is 0 Å². The van der Waals surface area contributed by atoms with E-state index >= 15 is 0 Å². The van der Waals surface area contributed by atoms with Crippen molar-refractivity contribution in [2.75, 3.05) is 0 Å². The monoisotopic (exact) mass is 215 g/mol. The lowest BCUT2D eigenvalue weighted by Gasteiger charge is -1.99. The maximum Gasteiger partial charge on any atom is 0.288 e. The number of nitro groups is 1. The lowest BCUT2D eigenvalue weighted by molar-refractivity contribution is -0.384. The summed E-state index contributed by atoms with van der Waals surface area (Å²) < 4.78 is 0. The standard InChI is InChI=1S/C7H6ClN3O3/c8-5-2-1-4(7(9)10-12)3-6(5)11(13)14/h1-3,12H,(H2,9,10). The van der Waals surface area contributed by atoms with E-state index in [1.54, 1.807) is 0 Å². The number of benzene rings is 1. The molecule has 7 heteroatoms. The Kier molecular flexibility index (Phi) is 2.88. The predicted octanol–water partition coefficient (Wildman–Crippen LogP) is 1.34. The van der Waals surface area contributed by atoms with Gasteiger partial charge in [0.05, 0.1) is 4.92 Å². The fourth-order valence-corrected chi connectivity index (χ4v) is 1.06. The molecule has 0 fully saturated rings. The predicted molar refractivity (Wildman–Crippen MR) is 50.6 cm³/mol. The van der Waals surface area contributed by atoms with Crippen molar-refractivity contribution in [2.45, 2.75) is 0 Å². The zero-order valence-corrected chi connectivity index (χ0v) is 7.60. The number of rotatable bonds is 2. The lowest BCUT2D eigenvalue weighted by atomic mass is 10.2. The van der Waals surface area contributed by atoms with Crippen LogP contribution in [0.5, 0.6) is 0 Å². The van der Waals surface area contributed by atoms with Gasteiger partial charge in [-0.1, -0.05) is 16.8 Å². The Morgan fingerprint density at radius 1 is 1.64 bits per heavy atom. The minimum Gasteiger partial charge on any atom is -0.409 e. The van der Waals surface area contributed by atoms with E-state index < -0.39 is 4.92 Å². The molecule has 1 rings (SSSR count). The van der Waals surface area contributed by atoms with Crippen LogP contribution in [0.15, 0.2) is 23.4 Å². The second-order valence-corrected chi connectivity index (χ2v) is 2.82. The number of halogens is 1. The van der Waals surface area contributed by atoms with Crippen molar-refractivity contribution in [3.05, 3.63) is 38.9 Å². The van der Waals surface area contributed by atoms with Crippen molar-refractivity contribution in [2.24, 2.45) is 10.9 Å². The molecule has 1 aromatic carbocycles. The molecule has 0 saturated carbocycles. The number of nitrogens with zero attached hydrogens (tertiary/aromatic N) is 2. The summed E-state index contributed by atoms with van der Waals surface area (Å²) in [5.41, 5.74) is 5.21. The van der Waals surface area contributed by atoms with E-state index in [0.717, 1.165) is 6.07 Å². The van der Waals surface area contributed by atoms with Gasteiger partial charge >= 0.3 is 0 Å². The van der Waals surface area contributed by atoms with Crippen molar-refractivity contribution in [3.8, 4) is 0 Å². The van der Waals surface area contributed by atoms with Gasteiger partial charge in [-0.15, -0.1) is 0 Å². The fourth-order valence-electron chi connectivity index (χ4n) is 0.870. The first-order valence-corrected chi connectivity index (χ1v) is 3.86. The normalized spacial score (nSPS) is 11.4. The number of oxime groups is 1. The molecule has 0 aliphatic carbocycles. The Balaban J connectivity index is 3.26. The van der Waals surface area contributed by atoms with Crippen LogP contribution < -0.4 is 5.73 Å². The van der Waals surface area contributed by atoms with E-state index in [1.165, 1.54) is 12.1 Å². The second kappa shape index (κ2) is 3.93. The summed E-state index contributed by atoms with van der Waals surface area (Å²) in [5.74, 6) is -0.204. The Labute approximate surface area is 83.7 Å². The summed E-state index contributed by atoms with van der Waals surface area (Å²) in [7, 11) is 0. The molecule has 6 nitrogen and oxygen atoms in total. The highest BCUT2D eigenvalue weighted by atomic mass is 35.5. The van der Waals surface area contributed by atoms with Gasteiger partial charge in [0.1, 0.15) is 5.02 Å². The molecule has 0 amide bonds. The van der Waals surface area contributed by atoms with Crippen LogP contribution in [-0.4, -0.2) is 16.0 Å². The van der Waals surface area contributed by atoms with Gasteiger partial charge < -0.3 is 10.9 Å². The van der Waals surface area contributed by atoms with E-state index in [-0.39, 0.29) is 22.1 Å². The zero-order valence-electron chi connectivity index (χ0n) is 6.85. The molecule has 0 spiro atoms. The largest absolute Gasteiger partial charge is 0.409 e. The third-order valence-corrected chi connectivity index (χ3v) is 1.87. The quantitative estimate of drug-likeness (QED) is 0.256. The molecule has 1 aromatic rings. The number of nitrogens with two attached hydrogens (primary N) is 1. The van der Waals surface area contributed by atoms with E-state index in [4.69, 9.17) is 22.5 Å². The Morgan fingerprint density at radius 3 is 2.79 bits per heavy atom. The third kappa shape index (κ3) is 1.91. The molecule has 74 valence electrons. The van der Waals surface area contributed by atoms with E-state index in [9.17, 15) is 10.1 Å². The topological polar surface area (TPSA) is 102 Å². The van der Waals surface area contributed by atoms with Crippen molar-refractivity contribution < 1.29 is 10.1 Å². The van der Waals surface area contributed by atoms with Crippen LogP contribution in [0.25, 0.3) is 0 Å². The minimum atomic E-state index is -0.642. The first-order valence-electron chi connectivity index (χ1n) is 3.48. The van der Waals surface area contributed by atoms with Crippen LogP contribution in [0.2, 0.25) is 5.02 Å². The highest BCUT2D eigenvalue weighted by molar-refractivity contribution is 6.32. The van der Waals surface area contributed by atoms with Gasteiger partial charge in [-0.3, -0.25) is 10.1 Å². The van der Waals surface area contributed by atoms with Crippen LogP contribution in [0.4, 0.5) is 5.69 Å². The van der Waals surface area contributed by atoms with Crippen LogP contribution in [-0.2, 0) is 0 Å². The van der Waals surface area contributed by atoms with Gasteiger partial charge in [-0.2, -0.15) is 0 Å². The summed E-state index contributed by atoms with van der Waals surface area (Å²) in [5, 5.41) is 21.5. The van der Waals surface area contributed by atoms with E-state index in [2.05, 4.69) is 5.16 Å². The highest BCUT2D eigenvalue weighted by Gasteiger charge is 2.13. The number of hydrogen-bond acceptors (Lipinski definition) is 4. The van der Waals surface area contributed by atoms with Crippen molar-refractivity contribution >= 4 is 23.1 Å². The van der Waals surface area contributed by atoms with Crippen molar-refractivity contribution in [1.29, 1.82) is 0 Å². The zero-order chi connectivity index (χ0) is 10.7. The minimum absolute atomic E-state index is 0.00416. The summed E-state index contributed by atoms with van der Waals surface area (Å²) in [6, 6.07) is 3.87. The maximum absolute atomic E-state index is 10.5. The highest BCUT2D eigenvalue weighted by Crippen LogP contribution is 2.24. The van der Waals surface area contributed by atoms with Gasteiger partial charge in [0.15, 0.2) is 5.84 Å². The molecule has 0 saturated heterocycles. The Morgan fingerprint density at radius 2 is 2.29 bits per heavy atom. The summed E-state index contributed by atoms with van der Waals surface area (Å²) in [4.78, 5) is 9.82. The number of nitro benzene ring substituents is 1. The third-order valence-electron chi connectivity index (χ3n) is 1.55. The van der Waals surface area contributed by atoms with Gasteiger partial charge in [0, 0.05) is 11.6 Å². The Bertz CT molecular complexity index is 405. The first-order chi connectivity index (χ1) is 6.56. The molecule has 14 heavy (non-hydrogen) atoms. The van der Waals surface area contributed by atoms with Gasteiger partial charge in [0.25, 0.3) is 5.69 Å². The molecule has 0 unspecified atom stereocenters. The molecule has 3 N–H and O–H groups in total. The van der Waals surface area contributed by atoms with Crippen LogP contribution >= 0.6 is 11.6 Å². The average molecular weight is 216 g/mol. The van der Waals surface area contributed by atoms with E-state index in [1.807, 2.05) is 0 Å². The molecule has 0 heterocycles. The van der Waals surface area contributed by atoms with Crippen LogP contribution in [0, 0.1) is 10.1 Å². The van der Waals surface area contributed by atoms with Gasteiger partial charge in [-0.25, -0.2) is 0 Å². The summed E-state index contributed by atoms with van der Waals surface area (Å²) in [6.45, 7) is 0. The number of amidine groups is 1. The molecular formula is C7H6ClN3O3. The summed E-state index contributed by atoms with van der Waals surface area (Å²) in [6.07, 6.45) is 0. The van der Waals surface area contributed by atoms with Crippen LogP contribution in [0.1, 0.15) is 5.56 Å². The molecule has 0 aromatic heterocycles. The average Bonchev–Trinajstić information content (AvgIpc) is 2.17. The molecule has 0 aliphatic heterocycles. The lowest BCUT2D eigenvalue weighted by Crippen LogP contribution is -2.13. The van der Waals surface area contributed by atoms with Crippen molar-refractivity contribution in [3.63, 3.8) is 0 Å². The smallest absolute Gasteiger partial charge is 0.288 e. The fraction of sp³-hybridized carbons (Fsp3) is 0. The molecule has 0 bridgehead atoms. The summed E-state index contributed by atoms with van der Waals surface area (Å²) >= 11 is 5.55. The first kappa shape index (κ1) is 10.3. The number of hydrogen-bond donors (Lipinski definition) is 2. The SMILES string of the molecule is N/C(=N/O)c1ccc(Cl)c([N+](=O)[O-])c1. The van der Waals surface area contributed by atoms with Crippen LogP contribution in [0.3, 0.4) is 0 Å². The van der Waals surface area contributed by atoms with E-state index in [0.29, 0.717) is 0 Å². The van der Waals surface area contributed by atoms with Gasteiger partial charge in [-0.05, 0) is 12.1 Å². The van der Waals surface area contributed by atoms with Gasteiger partial charge in [0.2, 0.25) is 0 Å². The molecule has 0 aliphatic rings. The Hall–Kier alpha value is -1.82. The molecular weight excluding hydrogens is 210 g/mol. The maximum atomic E-state index is 10.5.